The molecule has 0 aliphatic carbocycles. The van der Waals surface area contributed by atoms with Crippen LogP contribution in [-0.4, -0.2) is 17.8 Å². The molecule has 0 spiro atoms. The van der Waals surface area contributed by atoms with Gasteiger partial charge in [0.15, 0.2) is 0 Å². The fraction of sp³-hybridized carbons (Fsp3) is 0.312. The van der Waals surface area contributed by atoms with E-state index in [1.165, 1.54) is 16.7 Å². The van der Waals surface area contributed by atoms with Crippen LogP contribution >= 0.6 is 23.4 Å². The summed E-state index contributed by atoms with van der Waals surface area (Å²) in [5, 5.41) is 5.07. The lowest BCUT2D eigenvalue weighted by Gasteiger charge is -2.19. The van der Waals surface area contributed by atoms with Crippen molar-refractivity contribution < 1.29 is 0 Å². The van der Waals surface area contributed by atoms with E-state index < -0.39 is 0 Å². The Kier molecular flexibility index (Phi) is 5.46. The Morgan fingerprint density at radius 3 is 2.70 bits per heavy atom. The molecule has 106 valence electrons. The molecular weight excluding hydrogens is 288 g/mol. The number of aromatic nitrogens is 1. The molecule has 0 fully saturated rings. The molecule has 0 saturated carbocycles. The van der Waals surface area contributed by atoms with Gasteiger partial charge in [0, 0.05) is 18.0 Å². The molecule has 2 aromatic rings. The van der Waals surface area contributed by atoms with Crippen molar-refractivity contribution in [1.82, 2.24) is 10.3 Å². The maximum atomic E-state index is 5.85. The standard InChI is InChI=1S/C16H19ClN2S/c1-11-4-5-12(2)14(8-11)15(18-3)10-20-16-7-6-13(17)9-19-16/h4-9,15,18H,10H2,1-3H3. The predicted octanol–water partition coefficient (Wildman–Crippen LogP) is 4.40. The SMILES string of the molecule is CNC(CSc1ccc(Cl)cn1)c1cc(C)ccc1C. The zero-order chi connectivity index (χ0) is 14.5. The van der Waals surface area contributed by atoms with E-state index in [1.54, 1.807) is 18.0 Å². The average Bonchev–Trinajstić information content (AvgIpc) is 2.45. The van der Waals surface area contributed by atoms with Gasteiger partial charge in [0.25, 0.3) is 0 Å². The highest BCUT2D eigenvalue weighted by Gasteiger charge is 2.12. The molecule has 1 atom stereocenters. The summed E-state index contributed by atoms with van der Waals surface area (Å²) in [5.41, 5.74) is 3.97. The Bertz CT molecular complexity index is 569. The van der Waals surface area contributed by atoms with Crippen molar-refractivity contribution in [3.8, 4) is 0 Å². The maximum Gasteiger partial charge on any atom is 0.0961 e. The molecule has 2 nitrogen and oxygen atoms in total. The maximum absolute atomic E-state index is 5.85. The highest BCUT2D eigenvalue weighted by molar-refractivity contribution is 7.99. The van der Waals surface area contributed by atoms with Crippen molar-refractivity contribution in [3.63, 3.8) is 0 Å². The second-order valence-electron chi connectivity index (χ2n) is 4.83. The number of nitrogens with one attached hydrogen (secondary N) is 1. The summed E-state index contributed by atoms with van der Waals surface area (Å²) >= 11 is 7.59. The first-order valence-corrected chi connectivity index (χ1v) is 7.95. The van der Waals surface area contributed by atoms with Crippen LogP contribution in [0.25, 0.3) is 0 Å². The molecular formula is C16H19ClN2S. The van der Waals surface area contributed by atoms with Crippen LogP contribution in [0.2, 0.25) is 5.02 Å². The van der Waals surface area contributed by atoms with Gasteiger partial charge in [-0.25, -0.2) is 4.98 Å². The number of pyridine rings is 1. The molecule has 0 radical (unpaired) electrons. The topological polar surface area (TPSA) is 24.9 Å². The van der Waals surface area contributed by atoms with E-state index in [0.717, 1.165) is 10.8 Å². The van der Waals surface area contributed by atoms with Crippen molar-refractivity contribution in [2.24, 2.45) is 0 Å². The first-order chi connectivity index (χ1) is 9.60. The second-order valence-corrected chi connectivity index (χ2v) is 6.30. The van der Waals surface area contributed by atoms with Crippen LogP contribution in [0.5, 0.6) is 0 Å². The van der Waals surface area contributed by atoms with Gasteiger partial charge >= 0.3 is 0 Å². The number of halogens is 1. The Morgan fingerprint density at radius 1 is 1.25 bits per heavy atom. The summed E-state index contributed by atoms with van der Waals surface area (Å²) in [4.78, 5) is 4.32. The van der Waals surface area contributed by atoms with E-state index >= 15 is 0 Å². The van der Waals surface area contributed by atoms with Gasteiger partial charge in [-0.05, 0) is 44.2 Å². The summed E-state index contributed by atoms with van der Waals surface area (Å²) in [6.07, 6.45) is 1.69. The Labute approximate surface area is 130 Å². The van der Waals surface area contributed by atoms with Crippen molar-refractivity contribution >= 4 is 23.4 Å². The number of hydrogen-bond donors (Lipinski definition) is 1. The van der Waals surface area contributed by atoms with Gasteiger partial charge in [-0.3, -0.25) is 0 Å². The summed E-state index contributed by atoms with van der Waals surface area (Å²) in [6, 6.07) is 10.7. The number of thioether (sulfide) groups is 1. The van der Waals surface area contributed by atoms with Gasteiger partial charge in [-0.2, -0.15) is 0 Å². The minimum absolute atomic E-state index is 0.317. The molecule has 0 saturated heterocycles. The number of nitrogens with zero attached hydrogens (tertiary/aromatic N) is 1. The van der Waals surface area contributed by atoms with E-state index in [-0.39, 0.29) is 0 Å². The van der Waals surface area contributed by atoms with Crippen molar-refractivity contribution in [2.45, 2.75) is 24.9 Å². The zero-order valence-electron chi connectivity index (χ0n) is 12.0. The van der Waals surface area contributed by atoms with E-state index in [9.17, 15) is 0 Å². The van der Waals surface area contributed by atoms with Crippen LogP contribution in [0.3, 0.4) is 0 Å². The molecule has 0 aliphatic rings. The molecule has 1 aromatic heterocycles. The molecule has 0 amide bonds. The Balaban J connectivity index is 2.09. The van der Waals surface area contributed by atoms with E-state index in [1.807, 2.05) is 19.2 Å². The lowest BCUT2D eigenvalue weighted by atomic mass is 10.0. The molecule has 1 aromatic carbocycles. The molecule has 2 rings (SSSR count). The predicted molar refractivity (Wildman–Crippen MR) is 87.7 cm³/mol. The third kappa shape index (κ3) is 3.98. The van der Waals surface area contributed by atoms with Crippen LogP contribution in [0, 0.1) is 13.8 Å². The quantitative estimate of drug-likeness (QED) is 0.829. The number of aryl methyl sites for hydroxylation is 2. The fourth-order valence-electron chi connectivity index (χ4n) is 2.08. The summed E-state index contributed by atoms with van der Waals surface area (Å²) < 4.78 is 0. The molecule has 0 aliphatic heterocycles. The normalized spacial score (nSPS) is 12.4. The van der Waals surface area contributed by atoms with Crippen LogP contribution in [0.1, 0.15) is 22.7 Å². The van der Waals surface area contributed by atoms with Gasteiger partial charge in [0.05, 0.1) is 10.0 Å². The monoisotopic (exact) mass is 306 g/mol. The highest BCUT2D eigenvalue weighted by Crippen LogP contribution is 2.26. The van der Waals surface area contributed by atoms with Crippen molar-refractivity contribution in [2.75, 3.05) is 12.8 Å². The van der Waals surface area contributed by atoms with E-state index in [0.29, 0.717) is 11.1 Å². The molecule has 4 heteroatoms. The third-order valence-corrected chi connectivity index (χ3v) is 4.52. The first kappa shape index (κ1) is 15.4. The van der Waals surface area contributed by atoms with Crippen molar-refractivity contribution in [1.29, 1.82) is 0 Å². The first-order valence-electron chi connectivity index (χ1n) is 6.59. The Morgan fingerprint density at radius 2 is 2.05 bits per heavy atom. The zero-order valence-corrected chi connectivity index (χ0v) is 13.6. The van der Waals surface area contributed by atoms with Gasteiger partial charge in [0.1, 0.15) is 0 Å². The van der Waals surface area contributed by atoms with Gasteiger partial charge < -0.3 is 5.32 Å². The molecule has 1 N–H and O–H groups in total. The highest BCUT2D eigenvalue weighted by atomic mass is 35.5. The van der Waals surface area contributed by atoms with E-state index in [4.69, 9.17) is 11.6 Å². The van der Waals surface area contributed by atoms with Crippen LogP contribution in [0.4, 0.5) is 0 Å². The Hall–Kier alpha value is -1.03. The molecule has 0 bridgehead atoms. The number of rotatable bonds is 5. The molecule has 1 heterocycles. The average molecular weight is 307 g/mol. The minimum Gasteiger partial charge on any atom is -0.312 e. The summed E-state index contributed by atoms with van der Waals surface area (Å²) in [6.45, 7) is 4.29. The van der Waals surface area contributed by atoms with Gasteiger partial charge in [0.2, 0.25) is 0 Å². The van der Waals surface area contributed by atoms with Crippen LogP contribution < -0.4 is 5.32 Å². The number of hydrogen-bond acceptors (Lipinski definition) is 3. The molecule has 20 heavy (non-hydrogen) atoms. The third-order valence-electron chi connectivity index (χ3n) is 3.26. The van der Waals surface area contributed by atoms with Gasteiger partial charge in [-0.15, -0.1) is 11.8 Å². The second kappa shape index (κ2) is 7.11. The summed E-state index contributed by atoms with van der Waals surface area (Å²) in [5.74, 6) is 0.940. The lowest BCUT2D eigenvalue weighted by molar-refractivity contribution is 0.657. The van der Waals surface area contributed by atoms with Gasteiger partial charge in [-0.1, -0.05) is 35.4 Å². The molecule has 1 unspecified atom stereocenters. The largest absolute Gasteiger partial charge is 0.312 e. The lowest BCUT2D eigenvalue weighted by Crippen LogP contribution is -2.20. The van der Waals surface area contributed by atoms with Crippen molar-refractivity contribution in [3.05, 3.63) is 58.2 Å². The van der Waals surface area contributed by atoms with Crippen LogP contribution in [0.15, 0.2) is 41.6 Å². The smallest absolute Gasteiger partial charge is 0.0961 e. The van der Waals surface area contributed by atoms with E-state index in [2.05, 4.69) is 42.3 Å². The van der Waals surface area contributed by atoms with Crippen LogP contribution in [-0.2, 0) is 0 Å². The fourth-order valence-corrected chi connectivity index (χ4v) is 3.17. The number of benzene rings is 1. The summed E-state index contributed by atoms with van der Waals surface area (Å²) in [7, 11) is 2.00. The minimum atomic E-state index is 0.317.